The van der Waals surface area contributed by atoms with Gasteiger partial charge in [-0.2, -0.15) is 4.98 Å². The molecule has 9 nitrogen and oxygen atoms in total. The Morgan fingerprint density at radius 3 is 2.56 bits per heavy atom. The molecule has 2 aromatic rings. The molecule has 9 heteroatoms. The van der Waals surface area contributed by atoms with Crippen molar-refractivity contribution in [3.63, 3.8) is 0 Å². The molecule has 2 aromatic heterocycles. The van der Waals surface area contributed by atoms with Crippen LogP contribution in [-0.2, 0) is 4.79 Å². The van der Waals surface area contributed by atoms with Crippen LogP contribution in [0.5, 0.6) is 11.8 Å². The van der Waals surface area contributed by atoms with Crippen LogP contribution < -0.4 is 14.4 Å². The lowest BCUT2D eigenvalue weighted by molar-refractivity contribution is -0.143. The summed E-state index contributed by atoms with van der Waals surface area (Å²) < 4.78 is 10.4. The number of carbonyl (C=O) groups is 1. The molecule has 1 fully saturated rings. The molecule has 3 rings (SSSR count). The normalized spacial score (nSPS) is 16.4. The number of rotatable bonds is 6. The van der Waals surface area contributed by atoms with Crippen LogP contribution in [0.4, 0.5) is 5.95 Å². The van der Waals surface area contributed by atoms with Crippen LogP contribution in [0.2, 0.25) is 0 Å². The van der Waals surface area contributed by atoms with Gasteiger partial charge in [0.25, 0.3) is 0 Å². The van der Waals surface area contributed by atoms with Crippen molar-refractivity contribution < 1.29 is 19.4 Å². The highest BCUT2D eigenvalue weighted by atomic mass is 16.5. The van der Waals surface area contributed by atoms with Crippen LogP contribution in [0.3, 0.4) is 0 Å². The molecule has 0 amide bonds. The van der Waals surface area contributed by atoms with E-state index in [2.05, 4.69) is 19.9 Å². The lowest BCUT2D eigenvalue weighted by Gasteiger charge is -2.28. The molecular weight excluding hydrogens is 350 g/mol. The van der Waals surface area contributed by atoms with Crippen molar-refractivity contribution in [1.82, 2.24) is 19.9 Å². The van der Waals surface area contributed by atoms with Crippen LogP contribution in [0.1, 0.15) is 18.0 Å². The summed E-state index contributed by atoms with van der Waals surface area (Å²) in [7, 11) is 2.98. The largest absolute Gasteiger partial charge is 0.481 e. The van der Waals surface area contributed by atoms with Crippen LogP contribution in [0.25, 0.3) is 0 Å². The van der Waals surface area contributed by atoms with Crippen molar-refractivity contribution in [3.05, 3.63) is 36.2 Å². The predicted molar refractivity (Wildman–Crippen MR) is 98.2 cm³/mol. The van der Waals surface area contributed by atoms with Crippen molar-refractivity contribution in [2.45, 2.75) is 12.5 Å². The Morgan fingerprint density at radius 2 is 1.89 bits per heavy atom. The predicted octanol–water partition coefficient (Wildman–Crippen LogP) is 1.23. The molecule has 0 bridgehead atoms. The number of anilines is 1. The van der Waals surface area contributed by atoms with Gasteiger partial charge >= 0.3 is 5.97 Å². The highest BCUT2D eigenvalue weighted by Crippen LogP contribution is 2.31. The first-order chi connectivity index (χ1) is 13.1. The van der Waals surface area contributed by atoms with Crippen LogP contribution >= 0.6 is 0 Å². The molecule has 0 unspecified atom stereocenters. The van der Waals surface area contributed by atoms with E-state index in [1.165, 1.54) is 14.2 Å². The summed E-state index contributed by atoms with van der Waals surface area (Å²) in [5.74, 6) is 0.358. The summed E-state index contributed by atoms with van der Waals surface area (Å²) in [5.41, 5.74) is 0.509. The van der Waals surface area contributed by atoms with E-state index in [-0.39, 0.29) is 5.88 Å². The topological polar surface area (TPSA) is 101 Å². The number of methoxy groups -OCH3 is 2. The van der Waals surface area contributed by atoms with Gasteiger partial charge in [-0.1, -0.05) is 0 Å². The zero-order valence-electron chi connectivity index (χ0n) is 15.4. The number of hydrogen-bond acceptors (Lipinski definition) is 8. The van der Waals surface area contributed by atoms with E-state index in [1.807, 2.05) is 4.90 Å². The second kappa shape index (κ2) is 8.63. The Hall–Kier alpha value is -2.94. The molecule has 1 aliphatic heterocycles. The van der Waals surface area contributed by atoms with Crippen molar-refractivity contribution in [2.75, 3.05) is 45.3 Å². The Bertz CT molecular complexity index is 774. The summed E-state index contributed by atoms with van der Waals surface area (Å²) in [5, 5.41) is 9.91. The molecule has 3 heterocycles. The first kappa shape index (κ1) is 18.8. The maximum absolute atomic E-state index is 12.1. The minimum Gasteiger partial charge on any atom is -0.481 e. The smallest absolute Gasteiger partial charge is 0.325 e. The molecule has 0 radical (unpaired) electrons. The molecule has 0 aliphatic carbocycles. The molecule has 1 saturated heterocycles. The standard InChI is InChI=1S/C18H23N5O4/c1-26-14-6-5-13(16(21-14)27-2)15(17(24)25)22-9-4-10-23(12-11-22)18-19-7-3-8-20-18/h3,5-8,15H,4,9-12H2,1-2H3,(H,24,25)/t15-/m1/s1. The average molecular weight is 373 g/mol. The van der Waals surface area contributed by atoms with Gasteiger partial charge in [0.2, 0.25) is 17.7 Å². The quantitative estimate of drug-likeness (QED) is 0.801. The van der Waals surface area contributed by atoms with E-state index >= 15 is 0 Å². The molecule has 144 valence electrons. The van der Waals surface area contributed by atoms with Crippen LogP contribution in [0.15, 0.2) is 30.6 Å². The average Bonchev–Trinajstić information content (AvgIpc) is 2.95. The second-order valence-electron chi connectivity index (χ2n) is 6.12. The Kier molecular flexibility index (Phi) is 6.02. The molecule has 1 aliphatic rings. The van der Waals surface area contributed by atoms with E-state index < -0.39 is 12.0 Å². The van der Waals surface area contributed by atoms with Gasteiger partial charge in [-0.05, 0) is 18.6 Å². The lowest BCUT2D eigenvalue weighted by Crippen LogP contribution is -2.37. The fraction of sp³-hybridized carbons (Fsp3) is 0.444. The van der Waals surface area contributed by atoms with Gasteiger partial charge < -0.3 is 19.5 Å². The van der Waals surface area contributed by atoms with E-state index in [1.54, 1.807) is 30.6 Å². The maximum Gasteiger partial charge on any atom is 0.325 e. The van der Waals surface area contributed by atoms with Crippen molar-refractivity contribution in [1.29, 1.82) is 0 Å². The third-order valence-electron chi connectivity index (χ3n) is 4.53. The molecule has 1 N–H and O–H groups in total. The summed E-state index contributed by atoms with van der Waals surface area (Å²) >= 11 is 0. The van der Waals surface area contributed by atoms with Gasteiger partial charge in [-0.25, -0.2) is 9.97 Å². The van der Waals surface area contributed by atoms with E-state index in [4.69, 9.17) is 9.47 Å². The fourth-order valence-electron chi connectivity index (χ4n) is 3.26. The summed E-state index contributed by atoms with van der Waals surface area (Å²) in [4.78, 5) is 28.9. The first-order valence-electron chi connectivity index (χ1n) is 8.71. The zero-order chi connectivity index (χ0) is 19.2. The summed E-state index contributed by atoms with van der Waals surface area (Å²) in [6.45, 7) is 2.60. The lowest BCUT2D eigenvalue weighted by atomic mass is 10.1. The zero-order valence-corrected chi connectivity index (χ0v) is 15.4. The van der Waals surface area contributed by atoms with Gasteiger partial charge in [0.1, 0.15) is 6.04 Å². The van der Waals surface area contributed by atoms with Gasteiger partial charge in [-0.15, -0.1) is 0 Å². The maximum atomic E-state index is 12.1. The summed E-state index contributed by atoms with van der Waals surface area (Å²) in [6.07, 6.45) is 4.21. The molecule has 0 spiro atoms. The van der Waals surface area contributed by atoms with Gasteiger partial charge in [0.05, 0.1) is 14.2 Å². The van der Waals surface area contributed by atoms with E-state index in [0.29, 0.717) is 37.0 Å². The highest BCUT2D eigenvalue weighted by Gasteiger charge is 2.32. The first-order valence-corrected chi connectivity index (χ1v) is 8.71. The van der Waals surface area contributed by atoms with Crippen molar-refractivity contribution in [2.24, 2.45) is 0 Å². The number of nitrogens with zero attached hydrogens (tertiary/aromatic N) is 5. The number of aliphatic carboxylic acids is 1. The number of carboxylic acid groups (broad SMARTS) is 1. The number of aromatic nitrogens is 3. The molecule has 0 saturated carbocycles. The Labute approximate surface area is 157 Å². The SMILES string of the molecule is COc1ccc([C@H](C(=O)O)N2CCCN(c3ncccn3)CC2)c(OC)n1. The van der Waals surface area contributed by atoms with E-state index in [0.717, 1.165) is 13.0 Å². The minimum absolute atomic E-state index is 0.259. The Balaban J connectivity index is 1.83. The number of hydrogen-bond donors (Lipinski definition) is 1. The van der Waals surface area contributed by atoms with Crippen LogP contribution in [0, 0.1) is 0 Å². The number of pyridine rings is 1. The van der Waals surface area contributed by atoms with Gasteiger partial charge in [0, 0.05) is 50.2 Å². The number of carboxylic acids is 1. The molecule has 1 atom stereocenters. The van der Waals surface area contributed by atoms with Gasteiger partial charge in [0.15, 0.2) is 0 Å². The Morgan fingerprint density at radius 1 is 1.11 bits per heavy atom. The molecule has 27 heavy (non-hydrogen) atoms. The highest BCUT2D eigenvalue weighted by molar-refractivity contribution is 5.76. The van der Waals surface area contributed by atoms with E-state index in [9.17, 15) is 9.90 Å². The monoisotopic (exact) mass is 373 g/mol. The summed E-state index contributed by atoms with van der Waals surface area (Å²) in [6, 6.07) is 4.27. The molecular formula is C18H23N5O4. The number of ether oxygens (including phenoxy) is 2. The van der Waals surface area contributed by atoms with Crippen molar-refractivity contribution in [3.8, 4) is 11.8 Å². The molecule has 0 aromatic carbocycles. The van der Waals surface area contributed by atoms with Gasteiger partial charge in [-0.3, -0.25) is 9.69 Å². The second-order valence-corrected chi connectivity index (χ2v) is 6.12. The van der Waals surface area contributed by atoms with Crippen LogP contribution in [-0.4, -0.2) is 71.3 Å². The minimum atomic E-state index is -0.940. The van der Waals surface area contributed by atoms with Crippen molar-refractivity contribution >= 4 is 11.9 Å². The fourth-order valence-corrected chi connectivity index (χ4v) is 3.26. The third kappa shape index (κ3) is 4.25. The third-order valence-corrected chi connectivity index (χ3v) is 4.53.